The Balaban J connectivity index is 1.87. The molecule has 0 radical (unpaired) electrons. The number of amidine groups is 1. The van der Waals surface area contributed by atoms with E-state index >= 15 is 0 Å². The number of nitrogens with two attached hydrogens (primary N) is 1. The second kappa shape index (κ2) is 3.66. The summed E-state index contributed by atoms with van der Waals surface area (Å²) in [6.07, 6.45) is 3.62. The monoisotopic (exact) mass is 182 g/mol. The summed E-state index contributed by atoms with van der Waals surface area (Å²) in [5, 5.41) is 0. The molecular weight excluding hydrogens is 164 g/mol. The first kappa shape index (κ1) is 9.00. The largest absolute Gasteiger partial charge is 0.387 e. The van der Waals surface area contributed by atoms with E-state index in [1.54, 1.807) is 0 Å². The van der Waals surface area contributed by atoms with Gasteiger partial charge in [0.05, 0.1) is 18.5 Å². The minimum atomic E-state index is 0.350. The van der Waals surface area contributed by atoms with Crippen LogP contribution in [0.3, 0.4) is 0 Å². The molecule has 2 N–H and O–H groups in total. The predicted molar refractivity (Wildman–Crippen MR) is 52.7 cm³/mol. The van der Waals surface area contributed by atoms with Gasteiger partial charge in [0.15, 0.2) is 0 Å². The number of hydrogen-bond donors (Lipinski definition) is 1. The highest BCUT2D eigenvalue weighted by atomic mass is 16.5. The fraction of sp³-hybridized carbons (Fsp3) is 0.900. The zero-order valence-electron chi connectivity index (χ0n) is 8.20. The highest BCUT2D eigenvalue weighted by Gasteiger charge is 2.28. The first-order chi connectivity index (χ1) is 6.27. The van der Waals surface area contributed by atoms with Gasteiger partial charge in [0, 0.05) is 18.4 Å². The van der Waals surface area contributed by atoms with Crippen molar-refractivity contribution in [2.24, 2.45) is 22.6 Å². The van der Waals surface area contributed by atoms with E-state index in [1.807, 2.05) is 0 Å². The van der Waals surface area contributed by atoms with Crippen molar-refractivity contribution in [1.82, 2.24) is 0 Å². The van der Waals surface area contributed by atoms with Crippen molar-refractivity contribution >= 4 is 5.84 Å². The fourth-order valence-electron chi connectivity index (χ4n) is 1.76. The van der Waals surface area contributed by atoms with Crippen LogP contribution in [0.25, 0.3) is 0 Å². The Bertz CT molecular complexity index is 205. The minimum absolute atomic E-state index is 0.350. The quantitative estimate of drug-likeness (QED) is 0.526. The lowest BCUT2D eigenvalue weighted by Gasteiger charge is -2.13. The molecule has 2 atom stereocenters. The summed E-state index contributed by atoms with van der Waals surface area (Å²) in [6, 6.07) is 0.350. The van der Waals surface area contributed by atoms with Gasteiger partial charge in [-0.15, -0.1) is 0 Å². The van der Waals surface area contributed by atoms with Crippen LogP contribution in [-0.2, 0) is 4.74 Å². The molecule has 3 heteroatoms. The molecule has 74 valence electrons. The summed E-state index contributed by atoms with van der Waals surface area (Å²) in [5.41, 5.74) is 5.86. The van der Waals surface area contributed by atoms with Crippen molar-refractivity contribution in [2.75, 3.05) is 13.2 Å². The highest BCUT2D eigenvalue weighted by molar-refractivity contribution is 5.85. The molecule has 1 saturated heterocycles. The van der Waals surface area contributed by atoms with Gasteiger partial charge in [-0.1, -0.05) is 0 Å². The molecule has 0 amide bonds. The summed E-state index contributed by atoms with van der Waals surface area (Å²) in [7, 11) is 0. The van der Waals surface area contributed by atoms with Crippen LogP contribution in [0.4, 0.5) is 0 Å². The number of ether oxygens (including phenoxy) is 1. The summed E-state index contributed by atoms with van der Waals surface area (Å²) in [5.74, 6) is 2.07. The van der Waals surface area contributed by atoms with Gasteiger partial charge < -0.3 is 10.5 Å². The molecule has 2 unspecified atom stereocenters. The molecule has 0 bridgehead atoms. The molecule has 2 rings (SSSR count). The molecule has 1 heterocycles. The van der Waals surface area contributed by atoms with E-state index < -0.39 is 0 Å². The summed E-state index contributed by atoms with van der Waals surface area (Å²) in [6.45, 7) is 3.91. The number of aliphatic imine (C=N–C) groups is 1. The number of rotatable bonds is 3. The zero-order chi connectivity index (χ0) is 9.26. The van der Waals surface area contributed by atoms with Gasteiger partial charge in [-0.25, -0.2) is 0 Å². The van der Waals surface area contributed by atoms with Crippen LogP contribution in [0.5, 0.6) is 0 Å². The fourth-order valence-corrected chi connectivity index (χ4v) is 1.76. The molecule has 1 aliphatic carbocycles. The molecule has 1 aliphatic heterocycles. The molecule has 0 aromatic rings. The van der Waals surface area contributed by atoms with Crippen molar-refractivity contribution < 1.29 is 4.74 Å². The van der Waals surface area contributed by atoms with E-state index in [9.17, 15) is 0 Å². The molecule has 1 saturated carbocycles. The maximum atomic E-state index is 5.86. The lowest BCUT2D eigenvalue weighted by Crippen LogP contribution is -2.22. The van der Waals surface area contributed by atoms with Crippen LogP contribution >= 0.6 is 0 Å². The molecule has 13 heavy (non-hydrogen) atoms. The maximum absolute atomic E-state index is 5.86. The second-order valence-corrected chi connectivity index (χ2v) is 4.19. The molecule has 0 aromatic carbocycles. The van der Waals surface area contributed by atoms with Gasteiger partial charge in [-0.2, -0.15) is 0 Å². The summed E-state index contributed by atoms with van der Waals surface area (Å²) < 4.78 is 5.33. The average molecular weight is 182 g/mol. The first-order valence-corrected chi connectivity index (χ1v) is 5.18. The SMILES string of the molecule is CC(N=C(N)C1CC1)C1CCOC1. The van der Waals surface area contributed by atoms with Gasteiger partial charge in [0.2, 0.25) is 0 Å². The first-order valence-electron chi connectivity index (χ1n) is 5.18. The van der Waals surface area contributed by atoms with E-state index in [2.05, 4.69) is 11.9 Å². The highest BCUT2D eigenvalue weighted by Crippen LogP contribution is 2.29. The van der Waals surface area contributed by atoms with Gasteiger partial charge in [0.1, 0.15) is 0 Å². The maximum Gasteiger partial charge on any atom is 0.0971 e. The standard InChI is InChI=1S/C10H18N2O/c1-7(9-4-5-13-6-9)12-10(11)8-2-3-8/h7-9H,2-6H2,1H3,(H2,11,12). The van der Waals surface area contributed by atoms with Crippen LogP contribution in [0.2, 0.25) is 0 Å². The van der Waals surface area contributed by atoms with Crippen LogP contribution in [0, 0.1) is 11.8 Å². The minimum Gasteiger partial charge on any atom is -0.387 e. The van der Waals surface area contributed by atoms with E-state index in [4.69, 9.17) is 10.5 Å². The zero-order valence-corrected chi connectivity index (χ0v) is 8.20. The van der Waals surface area contributed by atoms with Crippen LogP contribution in [-0.4, -0.2) is 25.1 Å². The Morgan fingerprint density at radius 1 is 1.46 bits per heavy atom. The van der Waals surface area contributed by atoms with Gasteiger partial charge in [-0.05, 0) is 26.2 Å². The van der Waals surface area contributed by atoms with Crippen molar-refractivity contribution in [3.8, 4) is 0 Å². The van der Waals surface area contributed by atoms with Gasteiger partial charge in [0.25, 0.3) is 0 Å². The molecule has 0 aromatic heterocycles. The Morgan fingerprint density at radius 3 is 2.77 bits per heavy atom. The summed E-state index contributed by atoms with van der Waals surface area (Å²) >= 11 is 0. The molecule has 0 spiro atoms. The van der Waals surface area contributed by atoms with Crippen molar-refractivity contribution in [3.63, 3.8) is 0 Å². The summed E-state index contributed by atoms with van der Waals surface area (Å²) in [4.78, 5) is 4.54. The Labute approximate surface area is 79.4 Å². The van der Waals surface area contributed by atoms with E-state index in [0.717, 1.165) is 25.5 Å². The second-order valence-electron chi connectivity index (χ2n) is 4.19. The van der Waals surface area contributed by atoms with Gasteiger partial charge in [-0.3, -0.25) is 4.99 Å². The van der Waals surface area contributed by atoms with E-state index in [1.165, 1.54) is 12.8 Å². The van der Waals surface area contributed by atoms with Crippen LogP contribution in [0.1, 0.15) is 26.2 Å². The van der Waals surface area contributed by atoms with Gasteiger partial charge >= 0.3 is 0 Å². The Hall–Kier alpha value is -0.570. The topological polar surface area (TPSA) is 47.6 Å². The number of nitrogens with zero attached hydrogens (tertiary/aromatic N) is 1. The molecule has 3 nitrogen and oxygen atoms in total. The molecule has 2 fully saturated rings. The smallest absolute Gasteiger partial charge is 0.0971 e. The third kappa shape index (κ3) is 2.21. The van der Waals surface area contributed by atoms with Crippen LogP contribution in [0.15, 0.2) is 4.99 Å². The van der Waals surface area contributed by atoms with Crippen molar-refractivity contribution in [2.45, 2.75) is 32.2 Å². The average Bonchev–Trinajstić information content (AvgIpc) is 2.81. The number of hydrogen-bond acceptors (Lipinski definition) is 2. The normalized spacial score (nSPS) is 32.1. The Morgan fingerprint density at radius 2 is 2.23 bits per heavy atom. The van der Waals surface area contributed by atoms with E-state index in [-0.39, 0.29) is 0 Å². The van der Waals surface area contributed by atoms with E-state index in [0.29, 0.717) is 17.9 Å². The van der Waals surface area contributed by atoms with Crippen molar-refractivity contribution in [1.29, 1.82) is 0 Å². The third-order valence-electron chi connectivity index (χ3n) is 3.00. The molecule has 2 aliphatic rings. The predicted octanol–water partition coefficient (Wildman–Crippen LogP) is 1.18. The van der Waals surface area contributed by atoms with Crippen molar-refractivity contribution in [3.05, 3.63) is 0 Å². The lowest BCUT2D eigenvalue weighted by atomic mass is 10.0. The Kier molecular flexibility index (Phi) is 2.54. The lowest BCUT2D eigenvalue weighted by molar-refractivity contribution is 0.182. The van der Waals surface area contributed by atoms with Crippen LogP contribution < -0.4 is 5.73 Å². The molecular formula is C10H18N2O. The third-order valence-corrected chi connectivity index (χ3v) is 3.00.